The van der Waals surface area contributed by atoms with Crippen LogP contribution in [0.15, 0.2) is 67.0 Å². The molecule has 10 nitrogen and oxygen atoms in total. The van der Waals surface area contributed by atoms with Gasteiger partial charge in [0.1, 0.15) is 5.75 Å². The molecule has 1 aliphatic heterocycles. The molecule has 2 atom stereocenters. The van der Waals surface area contributed by atoms with E-state index in [1.54, 1.807) is 29.1 Å². The van der Waals surface area contributed by atoms with Crippen molar-refractivity contribution in [2.75, 3.05) is 30.3 Å². The third-order valence-electron chi connectivity index (χ3n) is 8.96. The minimum atomic E-state index is -4.18. The van der Waals surface area contributed by atoms with Gasteiger partial charge in [0, 0.05) is 47.5 Å². The van der Waals surface area contributed by atoms with E-state index in [4.69, 9.17) is 20.9 Å². The minimum Gasteiger partial charge on any atom is -0.493 e. The van der Waals surface area contributed by atoms with Crippen LogP contribution in [0.25, 0.3) is 11.1 Å². The van der Waals surface area contributed by atoms with Crippen LogP contribution < -0.4 is 15.0 Å². The van der Waals surface area contributed by atoms with Gasteiger partial charge >= 0.3 is 0 Å². The number of halogens is 1. The number of carbonyl (C=O) groups is 2. The highest BCUT2D eigenvalue weighted by Crippen LogP contribution is 2.57. The highest BCUT2D eigenvalue weighted by atomic mass is 35.5. The van der Waals surface area contributed by atoms with E-state index in [0.29, 0.717) is 54.0 Å². The predicted molar refractivity (Wildman–Crippen MR) is 181 cm³/mol. The van der Waals surface area contributed by atoms with Crippen LogP contribution in [0.1, 0.15) is 57.8 Å². The zero-order chi connectivity index (χ0) is 33.3. The molecule has 47 heavy (non-hydrogen) atoms. The number of anilines is 1. The Balaban J connectivity index is 1.13. The van der Waals surface area contributed by atoms with Gasteiger partial charge < -0.3 is 15.0 Å². The Hall–Kier alpha value is -4.19. The number of aryl methyl sites for hydroxylation is 1. The van der Waals surface area contributed by atoms with Crippen LogP contribution in [0, 0.1) is 19.8 Å². The number of amides is 2. The molecule has 0 saturated heterocycles. The van der Waals surface area contributed by atoms with Crippen molar-refractivity contribution >= 4 is 39.2 Å². The van der Waals surface area contributed by atoms with Crippen LogP contribution in [0.2, 0.25) is 5.02 Å². The van der Waals surface area contributed by atoms with Crippen LogP contribution in [-0.4, -0.2) is 60.0 Å². The number of benzene rings is 3. The van der Waals surface area contributed by atoms with Gasteiger partial charge in [-0.3, -0.25) is 18.8 Å². The summed E-state index contributed by atoms with van der Waals surface area (Å²) < 4.78 is 38.6. The van der Waals surface area contributed by atoms with Crippen LogP contribution in [0.5, 0.6) is 5.75 Å². The van der Waals surface area contributed by atoms with E-state index < -0.39 is 21.8 Å². The SMILES string of the molecule is Cc1cccc(OCCCC(=O)N2CC3CC3c3c(-c4cnn(Cc5cc(C(=O)NCCS(=O)(=O)O)ccc5Cl)c4)cccc32)c1C. The molecule has 4 aromatic rings. The molecule has 1 aromatic heterocycles. The molecular weight excluding hydrogens is 640 g/mol. The Labute approximate surface area is 279 Å². The Kier molecular flexibility index (Phi) is 9.41. The number of nitrogens with zero attached hydrogens (tertiary/aromatic N) is 3. The van der Waals surface area contributed by atoms with Gasteiger partial charge in [-0.25, -0.2) is 0 Å². The number of aromatic nitrogens is 2. The van der Waals surface area contributed by atoms with Crippen LogP contribution in [0.4, 0.5) is 5.69 Å². The number of hydrogen-bond donors (Lipinski definition) is 2. The number of hydrogen-bond acceptors (Lipinski definition) is 6. The molecule has 12 heteroatoms. The lowest BCUT2D eigenvalue weighted by Crippen LogP contribution is -2.36. The van der Waals surface area contributed by atoms with Crippen molar-refractivity contribution in [2.24, 2.45) is 5.92 Å². The molecule has 6 rings (SSSR count). The van der Waals surface area contributed by atoms with E-state index >= 15 is 0 Å². The van der Waals surface area contributed by atoms with E-state index in [1.165, 1.54) is 11.1 Å². The summed E-state index contributed by atoms with van der Waals surface area (Å²) >= 11 is 6.46. The minimum absolute atomic E-state index is 0.102. The molecule has 2 unspecified atom stereocenters. The van der Waals surface area contributed by atoms with Gasteiger partial charge in [0.05, 0.1) is 25.1 Å². The maximum absolute atomic E-state index is 13.5. The van der Waals surface area contributed by atoms with Gasteiger partial charge in [-0.2, -0.15) is 13.5 Å². The topological polar surface area (TPSA) is 131 Å². The fourth-order valence-corrected chi connectivity index (χ4v) is 6.76. The van der Waals surface area contributed by atoms with E-state index in [1.807, 2.05) is 42.3 Å². The zero-order valence-electron chi connectivity index (χ0n) is 26.3. The standard InChI is InChI=1S/C35H37ClN4O6S/c1-22-6-3-9-32(23(22)2)46-14-5-10-33(41)40-21-25-17-29(25)34-28(7-4-8-31(34)40)27-18-38-39(20-27)19-26-16-24(11-12-30(26)36)35(42)37-13-15-47(43,44)45/h3-4,6-9,11-12,16,18,20,25,29H,5,10,13-15,17,19,21H2,1-2H3,(H,37,42)(H,43,44,45). The van der Waals surface area contributed by atoms with Crippen molar-refractivity contribution in [1.82, 2.24) is 15.1 Å². The summed E-state index contributed by atoms with van der Waals surface area (Å²) in [6, 6.07) is 16.9. The molecular formula is C35H37ClN4O6S. The summed E-state index contributed by atoms with van der Waals surface area (Å²) in [5.74, 6) is 0.766. The first-order chi connectivity index (χ1) is 22.5. The third kappa shape index (κ3) is 7.53. The number of fused-ring (bicyclic) bond motifs is 3. The largest absolute Gasteiger partial charge is 0.493 e. The Morgan fingerprint density at radius 2 is 1.94 bits per heavy atom. The molecule has 3 aromatic carbocycles. The second-order valence-electron chi connectivity index (χ2n) is 12.3. The Morgan fingerprint density at radius 3 is 2.74 bits per heavy atom. The van der Waals surface area contributed by atoms with Gasteiger partial charge in [0.25, 0.3) is 16.0 Å². The summed E-state index contributed by atoms with van der Waals surface area (Å²) in [5, 5.41) is 7.52. The third-order valence-corrected chi connectivity index (χ3v) is 10.1. The summed E-state index contributed by atoms with van der Waals surface area (Å²) in [7, 11) is -4.18. The van der Waals surface area contributed by atoms with Crippen LogP contribution in [0.3, 0.4) is 0 Å². The van der Waals surface area contributed by atoms with Crippen LogP contribution >= 0.6 is 11.6 Å². The smallest absolute Gasteiger partial charge is 0.266 e. The number of nitrogens with one attached hydrogen (secondary N) is 1. The van der Waals surface area contributed by atoms with Crippen molar-refractivity contribution in [2.45, 2.75) is 45.6 Å². The van der Waals surface area contributed by atoms with Gasteiger partial charge in [-0.05, 0) is 96.7 Å². The van der Waals surface area contributed by atoms with Crippen LogP contribution in [-0.2, 0) is 21.5 Å². The summed E-state index contributed by atoms with van der Waals surface area (Å²) in [4.78, 5) is 28.0. The molecule has 0 spiro atoms. The fourth-order valence-electron chi connectivity index (χ4n) is 6.22. The van der Waals surface area contributed by atoms with Gasteiger partial charge in [-0.15, -0.1) is 0 Å². The van der Waals surface area contributed by atoms with Gasteiger partial charge in [-0.1, -0.05) is 35.9 Å². The molecule has 2 aliphatic rings. The first-order valence-corrected chi connectivity index (χ1v) is 17.6. The van der Waals surface area contributed by atoms with E-state index in [0.717, 1.165) is 41.1 Å². The van der Waals surface area contributed by atoms with E-state index in [9.17, 15) is 18.0 Å². The molecule has 1 saturated carbocycles. The Bertz CT molecular complexity index is 1940. The molecule has 0 radical (unpaired) electrons. The molecule has 2 N–H and O–H groups in total. The zero-order valence-corrected chi connectivity index (χ0v) is 27.9. The summed E-state index contributed by atoms with van der Waals surface area (Å²) in [6.45, 7) is 5.41. The van der Waals surface area contributed by atoms with E-state index in [-0.39, 0.29) is 12.5 Å². The maximum atomic E-state index is 13.5. The normalized spacial score (nSPS) is 16.7. The molecule has 246 valence electrons. The molecule has 2 heterocycles. The van der Waals surface area contributed by atoms with Crippen molar-refractivity contribution in [3.05, 3.63) is 99.8 Å². The average molecular weight is 677 g/mol. The van der Waals surface area contributed by atoms with Crippen molar-refractivity contribution < 1.29 is 27.3 Å². The summed E-state index contributed by atoms with van der Waals surface area (Å²) in [6.07, 6.45) is 5.83. The maximum Gasteiger partial charge on any atom is 0.266 e. The van der Waals surface area contributed by atoms with Crippen molar-refractivity contribution in [3.8, 4) is 16.9 Å². The van der Waals surface area contributed by atoms with E-state index in [2.05, 4.69) is 29.5 Å². The highest BCUT2D eigenvalue weighted by Gasteiger charge is 2.47. The number of ether oxygens (including phenoxy) is 1. The highest BCUT2D eigenvalue weighted by molar-refractivity contribution is 7.85. The monoisotopic (exact) mass is 676 g/mol. The lowest BCUT2D eigenvalue weighted by atomic mass is 9.92. The predicted octanol–water partition coefficient (Wildman–Crippen LogP) is 5.80. The first kappa shape index (κ1) is 32.7. The van der Waals surface area contributed by atoms with Crippen molar-refractivity contribution in [3.63, 3.8) is 0 Å². The Morgan fingerprint density at radius 1 is 1.13 bits per heavy atom. The molecule has 1 aliphatic carbocycles. The summed E-state index contributed by atoms with van der Waals surface area (Å²) in [5.41, 5.74) is 7.41. The number of carbonyl (C=O) groups excluding carboxylic acids is 2. The second kappa shape index (κ2) is 13.5. The van der Waals surface area contributed by atoms with Gasteiger partial charge in [0.2, 0.25) is 5.91 Å². The van der Waals surface area contributed by atoms with Crippen molar-refractivity contribution in [1.29, 1.82) is 0 Å². The number of rotatable bonds is 12. The molecule has 0 bridgehead atoms. The lowest BCUT2D eigenvalue weighted by molar-refractivity contribution is -0.119. The van der Waals surface area contributed by atoms with Gasteiger partial charge in [0.15, 0.2) is 0 Å². The fraction of sp³-hybridized carbons (Fsp3) is 0.343. The quantitative estimate of drug-likeness (QED) is 0.143. The second-order valence-corrected chi connectivity index (χ2v) is 14.2. The molecule has 2 amide bonds. The average Bonchev–Trinajstić information content (AvgIpc) is 3.68. The first-order valence-electron chi connectivity index (χ1n) is 15.7. The lowest BCUT2D eigenvalue weighted by Gasteiger charge is -2.30. The molecule has 1 fully saturated rings.